The minimum atomic E-state index is -0.367. The lowest BCUT2D eigenvalue weighted by molar-refractivity contribution is -0.122. The molecule has 0 bridgehead atoms. The average molecular weight is 317 g/mol. The Bertz CT molecular complexity index is 649. The highest BCUT2D eigenvalue weighted by Crippen LogP contribution is 2.21. The number of nitrogens with one attached hydrogen (secondary N) is 3. The van der Waals surface area contributed by atoms with Crippen LogP contribution < -0.4 is 26.7 Å². The van der Waals surface area contributed by atoms with E-state index in [2.05, 4.69) is 26.2 Å². The molecule has 9 nitrogen and oxygen atoms in total. The standard InChI is InChI=1S/C14H19N7O2/c1-21(2)20-14-12(15)13(16-9-17-14)19-18-11(22)8-23-10-6-4-3-5-7-10/h3-7,9H,8,15H2,1-2H3,(H,18,22)(H2,16,17,19,20). The lowest BCUT2D eigenvalue weighted by Crippen LogP contribution is -2.34. The summed E-state index contributed by atoms with van der Waals surface area (Å²) in [5.74, 6) is 0.968. The van der Waals surface area contributed by atoms with E-state index in [1.807, 2.05) is 18.2 Å². The summed E-state index contributed by atoms with van der Waals surface area (Å²) in [6, 6.07) is 9.05. The van der Waals surface area contributed by atoms with Crippen molar-refractivity contribution in [3.63, 3.8) is 0 Å². The van der Waals surface area contributed by atoms with E-state index in [0.29, 0.717) is 11.6 Å². The van der Waals surface area contributed by atoms with Gasteiger partial charge in [0.2, 0.25) is 0 Å². The second-order valence-corrected chi connectivity index (χ2v) is 4.77. The van der Waals surface area contributed by atoms with Gasteiger partial charge in [-0.05, 0) is 12.1 Å². The van der Waals surface area contributed by atoms with E-state index >= 15 is 0 Å². The molecule has 23 heavy (non-hydrogen) atoms. The molecule has 0 aliphatic heterocycles. The fourth-order valence-electron chi connectivity index (χ4n) is 1.63. The average Bonchev–Trinajstić information content (AvgIpc) is 2.54. The number of hydrogen-bond acceptors (Lipinski definition) is 8. The fourth-order valence-corrected chi connectivity index (χ4v) is 1.63. The number of anilines is 3. The summed E-state index contributed by atoms with van der Waals surface area (Å²) in [5, 5.41) is 1.69. The maximum absolute atomic E-state index is 11.8. The Morgan fingerprint density at radius 2 is 1.91 bits per heavy atom. The number of nitrogens with two attached hydrogens (primary N) is 1. The quantitative estimate of drug-likeness (QED) is 0.544. The van der Waals surface area contributed by atoms with E-state index in [0.717, 1.165) is 0 Å². The van der Waals surface area contributed by atoms with Crippen LogP contribution in [0.5, 0.6) is 5.75 Å². The maximum Gasteiger partial charge on any atom is 0.276 e. The fraction of sp³-hybridized carbons (Fsp3) is 0.214. The minimum absolute atomic E-state index is 0.134. The van der Waals surface area contributed by atoms with Crippen LogP contribution in [-0.4, -0.2) is 41.6 Å². The zero-order valence-electron chi connectivity index (χ0n) is 12.9. The van der Waals surface area contributed by atoms with Gasteiger partial charge in [0.05, 0.1) is 0 Å². The molecule has 0 saturated carbocycles. The van der Waals surface area contributed by atoms with Crippen LogP contribution in [0.15, 0.2) is 36.7 Å². The molecule has 0 atom stereocenters. The topological polar surface area (TPSA) is 117 Å². The Morgan fingerprint density at radius 3 is 2.61 bits per heavy atom. The Labute approximate surface area is 133 Å². The van der Waals surface area contributed by atoms with Crippen molar-refractivity contribution in [3.05, 3.63) is 36.7 Å². The lowest BCUT2D eigenvalue weighted by atomic mass is 10.3. The number of amides is 1. The maximum atomic E-state index is 11.8. The van der Waals surface area contributed by atoms with Gasteiger partial charge in [0.15, 0.2) is 18.2 Å². The van der Waals surface area contributed by atoms with Crippen molar-refractivity contribution in [2.24, 2.45) is 0 Å². The summed E-state index contributed by atoms with van der Waals surface area (Å²) >= 11 is 0. The molecule has 1 aromatic heterocycles. The second-order valence-electron chi connectivity index (χ2n) is 4.77. The Balaban J connectivity index is 1.86. The number of nitrogen functional groups attached to an aromatic ring is 1. The smallest absolute Gasteiger partial charge is 0.276 e. The Morgan fingerprint density at radius 1 is 1.22 bits per heavy atom. The predicted molar refractivity (Wildman–Crippen MR) is 87.5 cm³/mol. The molecule has 1 aromatic carbocycles. The molecule has 1 heterocycles. The van der Waals surface area contributed by atoms with Crippen molar-refractivity contribution in [1.82, 2.24) is 20.4 Å². The van der Waals surface area contributed by atoms with Gasteiger partial charge < -0.3 is 15.9 Å². The highest BCUT2D eigenvalue weighted by atomic mass is 16.5. The third-order valence-electron chi connectivity index (χ3n) is 2.65. The van der Waals surface area contributed by atoms with Gasteiger partial charge in [0.25, 0.3) is 5.91 Å². The Kier molecular flexibility index (Phi) is 5.53. The zero-order chi connectivity index (χ0) is 16.7. The summed E-state index contributed by atoms with van der Waals surface area (Å²) in [6.07, 6.45) is 1.33. The van der Waals surface area contributed by atoms with Crippen molar-refractivity contribution >= 4 is 23.2 Å². The van der Waals surface area contributed by atoms with Crippen molar-refractivity contribution < 1.29 is 9.53 Å². The van der Waals surface area contributed by atoms with Gasteiger partial charge in [-0.3, -0.25) is 15.6 Å². The molecule has 0 aliphatic rings. The van der Waals surface area contributed by atoms with Crippen LogP contribution in [0.3, 0.4) is 0 Å². The van der Waals surface area contributed by atoms with Crippen molar-refractivity contribution in [1.29, 1.82) is 0 Å². The van der Waals surface area contributed by atoms with Crippen LogP contribution in [0.25, 0.3) is 0 Å². The van der Waals surface area contributed by atoms with Crippen molar-refractivity contribution in [3.8, 4) is 5.75 Å². The van der Waals surface area contributed by atoms with Gasteiger partial charge in [-0.25, -0.2) is 15.0 Å². The molecular formula is C14H19N7O2. The summed E-state index contributed by atoms with van der Waals surface area (Å²) in [5.41, 5.74) is 14.2. The summed E-state index contributed by atoms with van der Waals surface area (Å²) in [6.45, 7) is -0.134. The van der Waals surface area contributed by atoms with Crippen molar-refractivity contribution in [2.45, 2.75) is 0 Å². The van der Waals surface area contributed by atoms with Gasteiger partial charge in [0, 0.05) is 14.1 Å². The molecule has 0 fully saturated rings. The monoisotopic (exact) mass is 317 g/mol. The van der Waals surface area contributed by atoms with E-state index in [-0.39, 0.29) is 24.0 Å². The normalized spacial score (nSPS) is 10.2. The highest BCUT2D eigenvalue weighted by Gasteiger charge is 2.09. The van der Waals surface area contributed by atoms with Gasteiger partial charge in [0.1, 0.15) is 17.8 Å². The number of aromatic nitrogens is 2. The number of para-hydroxylation sites is 1. The summed E-state index contributed by atoms with van der Waals surface area (Å²) in [7, 11) is 3.61. The number of ether oxygens (including phenoxy) is 1. The zero-order valence-corrected chi connectivity index (χ0v) is 12.9. The van der Waals surface area contributed by atoms with E-state index in [4.69, 9.17) is 10.5 Å². The van der Waals surface area contributed by atoms with E-state index in [1.165, 1.54) is 6.33 Å². The van der Waals surface area contributed by atoms with E-state index in [9.17, 15) is 4.79 Å². The van der Waals surface area contributed by atoms with Crippen LogP contribution in [0, 0.1) is 0 Å². The second kappa shape index (κ2) is 7.80. The molecule has 0 saturated heterocycles. The molecule has 2 aromatic rings. The molecular weight excluding hydrogens is 298 g/mol. The molecule has 0 radical (unpaired) electrons. The van der Waals surface area contributed by atoms with E-state index < -0.39 is 0 Å². The van der Waals surface area contributed by atoms with Crippen molar-refractivity contribution in [2.75, 3.05) is 37.3 Å². The summed E-state index contributed by atoms with van der Waals surface area (Å²) < 4.78 is 5.33. The molecule has 1 amide bonds. The minimum Gasteiger partial charge on any atom is -0.484 e. The predicted octanol–water partition coefficient (Wildman–Crippen LogP) is 0.469. The SMILES string of the molecule is CN(C)Nc1ncnc(NNC(=O)COc2ccccc2)c1N. The molecule has 5 N–H and O–H groups in total. The first-order chi connectivity index (χ1) is 11.1. The van der Waals surface area contributed by atoms with Crippen LogP contribution in [0.4, 0.5) is 17.3 Å². The number of carbonyl (C=O) groups is 1. The highest BCUT2D eigenvalue weighted by molar-refractivity contribution is 5.81. The molecule has 122 valence electrons. The Hall–Kier alpha value is -3.07. The third-order valence-corrected chi connectivity index (χ3v) is 2.65. The number of hydrazine groups is 2. The number of benzene rings is 1. The molecule has 0 spiro atoms. The molecule has 9 heteroatoms. The number of nitrogens with zero attached hydrogens (tertiary/aromatic N) is 3. The van der Waals surface area contributed by atoms with Gasteiger partial charge in [-0.15, -0.1) is 0 Å². The van der Waals surface area contributed by atoms with Gasteiger partial charge >= 0.3 is 0 Å². The van der Waals surface area contributed by atoms with Crippen LogP contribution >= 0.6 is 0 Å². The molecule has 0 aliphatic carbocycles. The van der Waals surface area contributed by atoms with Crippen LogP contribution in [-0.2, 0) is 4.79 Å². The van der Waals surface area contributed by atoms with Gasteiger partial charge in [-0.2, -0.15) is 0 Å². The lowest BCUT2D eigenvalue weighted by Gasteiger charge is -2.16. The van der Waals surface area contributed by atoms with Crippen LogP contribution in [0.2, 0.25) is 0 Å². The first kappa shape index (κ1) is 16.3. The first-order valence-corrected chi connectivity index (χ1v) is 6.83. The largest absolute Gasteiger partial charge is 0.484 e. The number of carbonyl (C=O) groups excluding carboxylic acids is 1. The first-order valence-electron chi connectivity index (χ1n) is 6.83. The summed E-state index contributed by atoms with van der Waals surface area (Å²) in [4.78, 5) is 19.7. The number of hydrogen-bond donors (Lipinski definition) is 4. The molecule has 2 rings (SSSR count). The molecule has 0 unspecified atom stereocenters. The van der Waals surface area contributed by atoms with E-state index in [1.54, 1.807) is 31.2 Å². The van der Waals surface area contributed by atoms with Gasteiger partial charge in [-0.1, -0.05) is 18.2 Å². The van der Waals surface area contributed by atoms with Crippen LogP contribution in [0.1, 0.15) is 0 Å². The number of rotatable bonds is 7. The third kappa shape index (κ3) is 5.00.